The number of hydrogen-bond donors (Lipinski definition) is 2. The van der Waals surface area contributed by atoms with Gasteiger partial charge in [-0.25, -0.2) is 4.98 Å². The van der Waals surface area contributed by atoms with Crippen molar-refractivity contribution in [2.24, 2.45) is 0 Å². The molecule has 3 aromatic rings. The lowest BCUT2D eigenvalue weighted by Gasteiger charge is -2.15. The Bertz CT molecular complexity index is 1040. The molecule has 0 fully saturated rings. The van der Waals surface area contributed by atoms with Crippen LogP contribution in [-0.4, -0.2) is 22.4 Å². The molecule has 0 atom stereocenters. The number of hydrogen-bond acceptors (Lipinski definition) is 5. The van der Waals surface area contributed by atoms with Crippen molar-refractivity contribution in [2.45, 2.75) is 33.2 Å². The smallest absolute Gasteiger partial charge is 0.406 e. The number of ether oxygens (including phenoxy) is 1. The molecule has 1 heterocycles. The lowest BCUT2D eigenvalue weighted by molar-refractivity contribution is -0.274. The third-order valence-corrected chi connectivity index (χ3v) is 4.21. The van der Waals surface area contributed by atoms with Gasteiger partial charge in [-0.05, 0) is 50.6 Å². The minimum absolute atomic E-state index is 0.0518. The zero-order valence-electron chi connectivity index (χ0n) is 16.5. The van der Waals surface area contributed by atoms with Crippen molar-refractivity contribution in [2.75, 3.05) is 10.6 Å². The van der Waals surface area contributed by atoms with E-state index in [-0.39, 0.29) is 11.8 Å². The monoisotopic (exact) mass is 436 g/mol. The molecule has 1 aromatic heterocycles. The third kappa shape index (κ3) is 6.00. The first-order chi connectivity index (χ1) is 14.1. The van der Waals surface area contributed by atoms with Crippen molar-refractivity contribution < 1.29 is 17.9 Å². The molecule has 158 valence electrons. The van der Waals surface area contributed by atoms with Gasteiger partial charge in [-0.15, -0.1) is 13.2 Å². The van der Waals surface area contributed by atoms with E-state index in [4.69, 9.17) is 11.6 Å². The topological polar surface area (TPSA) is 59.1 Å². The zero-order chi connectivity index (χ0) is 21.9. The Morgan fingerprint density at radius 3 is 2.47 bits per heavy atom. The highest BCUT2D eigenvalue weighted by atomic mass is 35.5. The van der Waals surface area contributed by atoms with E-state index in [9.17, 15) is 13.2 Å². The first-order valence-corrected chi connectivity index (χ1v) is 9.52. The summed E-state index contributed by atoms with van der Waals surface area (Å²) in [6.07, 6.45) is -4.77. The molecule has 9 heteroatoms. The van der Waals surface area contributed by atoms with Crippen LogP contribution in [0.4, 0.5) is 30.6 Å². The molecule has 0 unspecified atom stereocenters. The highest BCUT2D eigenvalue weighted by Crippen LogP contribution is 2.31. The van der Waals surface area contributed by atoms with Gasteiger partial charge in [0.15, 0.2) is 0 Å². The molecule has 0 spiro atoms. The lowest BCUT2D eigenvalue weighted by Crippen LogP contribution is -2.17. The van der Waals surface area contributed by atoms with Crippen LogP contribution in [0, 0.1) is 6.92 Å². The van der Waals surface area contributed by atoms with E-state index >= 15 is 0 Å². The van der Waals surface area contributed by atoms with Crippen LogP contribution >= 0.6 is 11.6 Å². The predicted octanol–water partition coefficient (Wildman–Crippen LogP) is 6.57. The summed E-state index contributed by atoms with van der Waals surface area (Å²) < 4.78 is 41.7. The van der Waals surface area contributed by atoms with Gasteiger partial charge in [-0.3, -0.25) is 0 Å². The Morgan fingerprint density at radius 1 is 1.03 bits per heavy atom. The Hall–Kier alpha value is -3.00. The van der Waals surface area contributed by atoms with Crippen LogP contribution in [0.1, 0.15) is 19.4 Å². The summed E-state index contributed by atoms with van der Waals surface area (Å²) >= 11 is 6.30. The molecular formula is C21H20ClF3N4O. The fourth-order valence-corrected chi connectivity index (χ4v) is 2.98. The van der Waals surface area contributed by atoms with Crippen LogP contribution in [0.2, 0.25) is 5.02 Å². The van der Waals surface area contributed by atoms with E-state index in [0.717, 1.165) is 5.56 Å². The summed E-state index contributed by atoms with van der Waals surface area (Å²) in [7, 11) is 0. The molecule has 5 nitrogen and oxygen atoms in total. The van der Waals surface area contributed by atoms with E-state index in [2.05, 4.69) is 25.3 Å². The van der Waals surface area contributed by atoms with Gasteiger partial charge >= 0.3 is 6.36 Å². The van der Waals surface area contributed by atoms with E-state index in [1.54, 1.807) is 12.1 Å². The molecule has 2 N–H and O–H groups in total. The molecule has 2 aromatic carbocycles. The standard InChI is InChI=1S/C21H20ClF3N4O/c1-12(2)26-20-28-18(14-5-4-6-15(10-14)30-21(23,24)25)11-19(29-20)27-17-8-7-13(3)9-16(17)22/h4-12H,1-3H3,(H2,26,27,28,29). The van der Waals surface area contributed by atoms with Gasteiger partial charge in [0, 0.05) is 17.7 Å². The van der Waals surface area contributed by atoms with Crippen LogP contribution in [0.15, 0.2) is 48.5 Å². The Kier molecular flexibility index (Phi) is 6.36. The van der Waals surface area contributed by atoms with Crippen LogP contribution in [0.25, 0.3) is 11.3 Å². The average Bonchev–Trinajstić information content (AvgIpc) is 2.62. The van der Waals surface area contributed by atoms with Crippen LogP contribution < -0.4 is 15.4 Å². The van der Waals surface area contributed by atoms with Crippen molar-refractivity contribution >= 4 is 29.1 Å². The maximum atomic E-state index is 12.6. The maximum Gasteiger partial charge on any atom is 0.573 e. The van der Waals surface area contributed by atoms with E-state index in [1.807, 2.05) is 39.0 Å². The summed E-state index contributed by atoms with van der Waals surface area (Å²) in [6.45, 7) is 5.79. The highest BCUT2D eigenvalue weighted by Gasteiger charge is 2.31. The predicted molar refractivity (Wildman–Crippen MR) is 112 cm³/mol. The van der Waals surface area contributed by atoms with Crippen molar-refractivity contribution in [3.63, 3.8) is 0 Å². The summed E-state index contributed by atoms with van der Waals surface area (Å²) in [5.41, 5.74) is 2.53. The first-order valence-electron chi connectivity index (χ1n) is 9.14. The Balaban J connectivity index is 2.00. The quantitative estimate of drug-likeness (QED) is 0.457. The Labute approximate surface area is 177 Å². The molecule has 30 heavy (non-hydrogen) atoms. The number of nitrogens with zero attached hydrogens (tertiary/aromatic N) is 2. The number of anilines is 3. The molecule has 0 bridgehead atoms. The van der Waals surface area contributed by atoms with Crippen molar-refractivity contribution in [3.8, 4) is 17.0 Å². The van der Waals surface area contributed by atoms with Crippen molar-refractivity contribution in [1.29, 1.82) is 0 Å². The molecule has 0 aliphatic rings. The minimum atomic E-state index is -4.77. The van der Waals surface area contributed by atoms with E-state index in [0.29, 0.717) is 33.7 Å². The third-order valence-electron chi connectivity index (χ3n) is 3.89. The zero-order valence-corrected chi connectivity index (χ0v) is 17.3. The number of rotatable bonds is 6. The summed E-state index contributed by atoms with van der Waals surface area (Å²) in [6, 6.07) is 12.9. The van der Waals surface area contributed by atoms with Gasteiger partial charge in [-0.2, -0.15) is 4.98 Å². The van der Waals surface area contributed by atoms with Crippen molar-refractivity contribution in [3.05, 3.63) is 59.1 Å². The number of aromatic nitrogens is 2. The van der Waals surface area contributed by atoms with Crippen molar-refractivity contribution in [1.82, 2.24) is 9.97 Å². The summed E-state index contributed by atoms with van der Waals surface area (Å²) in [4.78, 5) is 8.86. The number of aryl methyl sites for hydroxylation is 1. The molecular weight excluding hydrogens is 417 g/mol. The van der Waals surface area contributed by atoms with Gasteiger partial charge in [0.25, 0.3) is 0 Å². The number of alkyl halides is 3. The van der Waals surface area contributed by atoms with Gasteiger partial charge in [-0.1, -0.05) is 29.8 Å². The molecule has 0 amide bonds. The van der Waals surface area contributed by atoms with E-state index < -0.39 is 6.36 Å². The molecule has 0 aliphatic heterocycles. The normalized spacial score (nSPS) is 11.5. The van der Waals surface area contributed by atoms with Crippen LogP contribution in [-0.2, 0) is 0 Å². The second-order valence-corrected chi connectivity index (χ2v) is 7.35. The van der Waals surface area contributed by atoms with Crippen LogP contribution in [0.3, 0.4) is 0 Å². The lowest BCUT2D eigenvalue weighted by atomic mass is 10.1. The van der Waals surface area contributed by atoms with Gasteiger partial charge < -0.3 is 15.4 Å². The molecule has 0 aliphatic carbocycles. The molecule has 0 saturated carbocycles. The van der Waals surface area contributed by atoms with E-state index in [1.165, 1.54) is 18.2 Å². The van der Waals surface area contributed by atoms with Crippen LogP contribution in [0.5, 0.6) is 5.75 Å². The summed E-state index contributed by atoms with van der Waals surface area (Å²) in [5, 5.41) is 6.78. The molecule has 0 radical (unpaired) electrons. The molecule has 0 saturated heterocycles. The largest absolute Gasteiger partial charge is 0.573 e. The fraction of sp³-hybridized carbons (Fsp3) is 0.238. The second-order valence-electron chi connectivity index (χ2n) is 6.95. The fourth-order valence-electron chi connectivity index (χ4n) is 2.69. The number of benzene rings is 2. The number of nitrogens with one attached hydrogen (secondary N) is 2. The molecule has 3 rings (SSSR count). The number of halogens is 4. The second kappa shape index (κ2) is 8.79. The first kappa shape index (κ1) is 21.7. The highest BCUT2D eigenvalue weighted by molar-refractivity contribution is 6.33. The summed E-state index contributed by atoms with van der Waals surface area (Å²) in [5.74, 6) is 0.444. The maximum absolute atomic E-state index is 12.6. The van der Waals surface area contributed by atoms with Gasteiger partial charge in [0.1, 0.15) is 11.6 Å². The average molecular weight is 437 g/mol. The van der Waals surface area contributed by atoms with Gasteiger partial charge in [0.2, 0.25) is 5.95 Å². The van der Waals surface area contributed by atoms with Gasteiger partial charge in [0.05, 0.1) is 16.4 Å². The SMILES string of the molecule is Cc1ccc(Nc2cc(-c3cccc(OC(F)(F)F)c3)nc(NC(C)C)n2)c(Cl)c1. The Morgan fingerprint density at radius 2 is 1.80 bits per heavy atom. The minimum Gasteiger partial charge on any atom is -0.406 e.